The third kappa shape index (κ3) is 2.31. The second-order valence-electron chi connectivity index (χ2n) is 4.02. The van der Waals surface area contributed by atoms with Crippen LogP contribution in [0.15, 0.2) is 24.3 Å². The van der Waals surface area contributed by atoms with Crippen LogP contribution < -0.4 is 5.73 Å². The van der Waals surface area contributed by atoms with E-state index in [2.05, 4.69) is 0 Å². The minimum absolute atomic E-state index is 0.0892. The standard InChI is InChI=1S/C11H12F3N/c12-11(13,14)9-4-2-1-3-7(9)5-8-6-10(8)15/h1-4,8,10H,5-6,15H2/t8-,10-/m1/s1. The molecule has 0 aliphatic heterocycles. The molecule has 1 aliphatic rings. The molecule has 1 aromatic carbocycles. The molecule has 4 heteroatoms. The van der Waals surface area contributed by atoms with Gasteiger partial charge in [0.25, 0.3) is 0 Å². The molecule has 2 rings (SSSR count). The first kappa shape index (κ1) is 10.5. The number of hydrogen-bond acceptors (Lipinski definition) is 1. The van der Waals surface area contributed by atoms with E-state index in [1.165, 1.54) is 12.1 Å². The Kier molecular flexibility index (Phi) is 2.46. The van der Waals surface area contributed by atoms with E-state index in [1.807, 2.05) is 0 Å². The van der Waals surface area contributed by atoms with Gasteiger partial charge in [0.1, 0.15) is 0 Å². The third-order valence-corrected chi connectivity index (χ3v) is 2.78. The number of hydrogen-bond donors (Lipinski definition) is 1. The molecule has 2 atom stereocenters. The topological polar surface area (TPSA) is 26.0 Å². The van der Waals surface area contributed by atoms with Crippen LogP contribution in [0.2, 0.25) is 0 Å². The molecular weight excluding hydrogens is 203 g/mol. The highest BCUT2D eigenvalue weighted by Gasteiger charge is 2.37. The first-order valence-corrected chi connectivity index (χ1v) is 4.89. The summed E-state index contributed by atoms with van der Waals surface area (Å²) in [4.78, 5) is 0. The van der Waals surface area contributed by atoms with Gasteiger partial charge in [0, 0.05) is 6.04 Å². The molecule has 0 bridgehead atoms. The maximum absolute atomic E-state index is 12.6. The van der Waals surface area contributed by atoms with Crippen LogP contribution in [0.4, 0.5) is 13.2 Å². The lowest BCUT2D eigenvalue weighted by atomic mass is 10.0. The smallest absolute Gasteiger partial charge is 0.327 e. The van der Waals surface area contributed by atoms with Crippen LogP contribution in [-0.2, 0) is 12.6 Å². The molecule has 1 fully saturated rings. The predicted octanol–water partition coefficient (Wildman–Crippen LogP) is 2.60. The summed E-state index contributed by atoms with van der Waals surface area (Å²) in [5, 5.41) is 0. The molecule has 0 radical (unpaired) electrons. The van der Waals surface area contributed by atoms with E-state index >= 15 is 0 Å². The van der Waals surface area contributed by atoms with E-state index in [0.29, 0.717) is 12.0 Å². The Morgan fingerprint density at radius 1 is 1.27 bits per heavy atom. The van der Waals surface area contributed by atoms with Crippen LogP contribution in [0.5, 0.6) is 0 Å². The summed E-state index contributed by atoms with van der Waals surface area (Å²) in [7, 11) is 0. The van der Waals surface area contributed by atoms with Crippen LogP contribution in [0.1, 0.15) is 17.5 Å². The van der Waals surface area contributed by atoms with Crippen LogP contribution in [0, 0.1) is 5.92 Å². The Hall–Kier alpha value is -1.03. The molecule has 1 aromatic rings. The van der Waals surface area contributed by atoms with Crippen molar-refractivity contribution in [2.75, 3.05) is 0 Å². The van der Waals surface area contributed by atoms with Crippen LogP contribution in [0.3, 0.4) is 0 Å². The zero-order chi connectivity index (χ0) is 11.1. The number of nitrogens with two attached hydrogens (primary N) is 1. The Labute approximate surface area is 86.1 Å². The van der Waals surface area contributed by atoms with E-state index in [1.54, 1.807) is 6.07 Å². The number of rotatable bonds is 2. The van der Waals surface area contributed by atoms with Crippen molar-refractivity contribution in [3.8, 4) is 0 Å². The Bertz CT molecular complexity index is 359. The van der Waals surface area contributed by atoms with Crippen LogP contribution >= 0.6 is 0 Å². The number of benzene rings is 1. The third-order valence-electron chi connectivity index (χ3n) is 2.78. The summed E-state index contributed by atoms with van der Waals surface area (Å²) < 4.78 is 37.8. The zero-order valence-electron chi connectivity index (χ0n) is 8.09. The largest absolute Gasteiger partial charge is 0.416 e. The summed E-state index contributed by atoms with van der Waals surface area (Å²) in [6, 6.07) is 5.81. The van der Waals surface area contributed by atoms with Crippen molar-refractivity contribution >= 4 is 0 Å². The molecule has 1 saturated carbocycles. The minimum Gasteiger partial charge on any atom is -0.327 e. The van der Waals surface area contributed by atoms with Gasteiger partial charge in [0.05, 0.1) is 5.56 Å². The van der Waals surface area contributed by atoms with Crippen molar-refractivity contribution in [1.29, 1.82) is 0 Å². The molecule has 82 valence electrons. The molecular formula is C11H12F3N. The molecule has 0 saturated heterocycles. The van der Waals surface area contributed by atoms with Crippen molar-refractivity contribution < 1.29 is 13.2 Å². The molecule has 1 aliphatic carbocycles. The summed E-state index contributed by atoms with van der Waals surface area (Å²) in [6.07, 6.45) is -2.97. The fraction of sp³-hybridized carbons (Fsp3) is 0.455. The lowest BCUT2D eigenvalue weighted by Crippen LogP contribution is -2.11. The maximum atomic E-state index is 12.6. The highest BCUT2D eigenvalue weighted by molar-refractivity contribution is 5.30. The summed E-state index contributed by atoms with van der Waals surface area (Å²) in [5.41, 5.74) is 5.43. The normalized spacial score (nSPS) is 25.3. The molecule has 0 aromatic heterocycles. The van der Waals surface area contributed by atoms with Crippen LogP contribution in [-0.4, -0.2) is 6.04 Å². The monoisotopic (exact) mass is 215 g/mol. The van der Waals surface area contributed by atoms with Gasteiger partial charge in [-0.3, -0.25) is 0 Å². The SMILES string of the molecule is N[C@@H]1C[C@H]1Cc1ccccc1C(F)(F)F. The van der Waals surface area contributed by atoms with Crippen molar-refractivity contribution in [3.05, 3.63) is 35.4 Å². The second kappa shape index (κ2) is 3.52. The van der Waals surface area contributed by atoms with E-state index in [9.17, 15) is 13.2 Å². The first-order valence-electron chi connectivity index (χ1n) is 4.89. The van der Waals surface area contributed by atoms with Crippen molar-refractivity contribution in [2.24, 2.45) is 11.7 Å². The van der Waals surface area contributed by atoms with Gasteiger partial charge in [-0.1, -0.05) is 18.2 Å². The first-order chi connectivity index (χ1) is 6.98. The molecule has 0 heterocycles. The number of halogens is 3. The second-order valence-corrected chi connectivity index (χ2v) is 4.02. The summed E-state index contributed by atoms with van der Waals surface area (Å²) in [5.74, 6) is 0.230. The van der Waals surface area contributed by atoms with Gasteiger partial charge in [0.2, 0.25) is 0 Å². The van der Waals surface area contributed by atoms with E-state index in [0.717, 1.165) is 12.5 Å². The minimum atomic E-state index is -4.25. The van der Waals surface area contributed by atoms with E-state index < -0.39 is 11.7 Å². The van der Waals surface area contributed by atoms with E-state index in [4.69, 9.17) is 5.73 Å². The molecule has 15 heavy (non-hydrogen) atoms. The molecule has 0 spiro atoms. The fourth-order valence-corrected chi connectivity index (χ4v) is 1.76. The predicted molar refractivity (Wildman–Crippen MR) is 51.2 cm³/mol. The lowest BCUT2D eigenvalue weighted by Gasteiger charge is -2.12. The highest BCUT2D eigenvalue weighted by Crippen LogP contribution is 2.37. The van der Waals surface area contributed by atoms with Gasteiger partial charge in [-0.2, -0.15) is 13.2 Å². The lowest BCUT2D eigenvalue weighted by molar-refractivity contribution is -0.138. The fourth-order valence-electron chi connectivity index (χ4n) is 1.76. The summed E-state index contributed by atoms with van der Waals surface area (Å²) in [6.45, 7) is 0. The summed E-state index contributed by atoms with van der Waals surface area (Å²) >= 11 is 0. The van der Waals surface area contributed by atoms with Crippen LogP contribution in [0.25, 0.3) is 0 Å². The molecule has 1 nitrogen and oxygen atoms in total. The van der Waals surface area contributed by atoms with Gasteiger partial charge in [-0.05, 0) is 30.4 Å². The Morgan fingerprint density at radius 3 is 2.40 bits per heavy atom. The zero-order valence-corrected chi connectivity index (χ0v) is 8.09. The molecule has 0 unspecified atom stereocenters. The van der Waals surface area contributed by atoms with E-state index in [-0.39, 0.29) is 12.0 Å². The van der Waals surface area contributed by atoms with Gasteiger partial charge in [-0.25, -0.2) is 0 Å². The maximum Gasteiger partial charge on any atom is 0.416 e. The number of alkyl halides is 3. The van der Waals surface area contributed by atoms with Crippen molar-refractivity contribution in [2.45, 2.75) is 25.1 Å². The average Bonchev–Trinajstić information content (AvgIpc) is 2.81. The molecule has 2 N–H and O–H groups in total. The Balaban J connectivity index is 2.22. The van der Waals surface area contributed by atoms with Gasteiger partial charge >= 0.3 is 6.18 Å². The van der Waals surface area contributed by atoms with Gasteiger partial charge in [0.15, 0.2) is 0 Å². The van der Waals surface area contributed by atoms with Gasteiger partial charge < -0.3 is 5.73 Å². The van der Waals surface area contributed by atoms with Gasteiger partial charge in [-0.15, -0.1) is 0 Å². The molecule has 0 amide bonds. The van der Waals surface area contributed by atoms with Crippen molar-refractivity contribution in [3.63, 3.8) is 0 Å². The van der Waals surface area contributed by atoms with Crippen molar-refractivity contribution in [1.82, 2.24) is 0 Å². The average molecular weight is 215 g/mol. The highest BCUT2D eigenvalue weighted by atomic mass is 19.4. The Morgan fingerprint density at radius 2 is 1.87 bits per heavy atom. The quantitative estimate of drug-likeness (QED) is 0.806.